The van der Waals surface area contributed by atoms with Crippen LogP contribution in [0.2, 0.25) is 0 Å². The minimum absolute atomic E-state index is 0.216. The number of hydrogen-bond donors (Lipinski definition) is 1. The topological polar surface area (TPSA) is 108 Å². The van der Waals surface area contributed by atoms with Crippen molar-refractivity contribution < 1.29 is 37.6 Å². The zero-order chi connectivity index (χ0) is 41.1. The first kappa shape index (κ1) is 55.0. The molecule has 2 unspecified atom stereocenters. The van der Waals surface area contributed by atoms with Crippen LogP contribution in [0.5, 0.6) is 0 Å². The third kappa shape index (κ3) is 42.7. The summed E-state index contributed by atoms with van der Waals surface area (Å²) in [7, 11) is -3.19. The van der Waals surface area contributed by atoms with Crippen molar-refractivity contribution in [3.63, 3.8) is 0 Å². The Bertz CT molecular complexity index is 884. The summed E-state index contributed by atoms with van der Waals surface area (Å²) >= 11 is 0. The fraction of sp³-hybridized carbons (Fsp3) is 0.957. The maximum atomic E-state index is 12.5. The lowest BCUT2D eigenvalue weighted by atomic mass is 10.0. The van der Waals surface area contributed by atoms with Gasteiger partial charge in [-0.3, -0.25) is 18.6 Å². The van der Waals surface area contributed by atoms with E-state index in [1.54, 1.807) is 0 Å². The smallest absolute Gasteiger partial charge is 0.462 e. The summed E-state index contributed by atoms with van der Waals surface area (Å²) in [6.45, 7) is 3.94. The number of esters is 2. The van der Waals surface area contributed by atoms with Crippen LogP contribution in [-0.4, -0.2) is 43.3 Å². The Morgan fingerprint density at radius 3 is 0.982 bits per heavy atom. The molecule has 0 aromatic heterocycles. The largest absolute Gasteiger partial charge is 0.472 e. The summed E-state index contributed by atoms with van der Waals surface area (Å²) in [5.74, 6) is -0.783. The van der Waals surface area contributed by atoms with E-state index in [1.807, 2.05) is 0 Å². The van der Waals surface area contributed by atoms with E-state index in [1.165, 1.54) is 199 Å². The van der Waals surface area contributed by atoms with Gasteiger partial charge in [-0.05, 0) is 12.8 Å². The molecule has 56 heavy (non-hydrogen) atoms. The van der Waals surface area contributed by atoms with Gasteiger partial charge in [-0.15, -0.1) is 0 Å². The molecule has 0 aliphatic heterocycles. The molecule has 0 heterocycles. The summed E-state index contributed by atoms with van der Waals surface area (Å²) in [4.78, 5) is 34.6. The molecule has 0 spiro atoms. The van der Waals surface area contributed by atoms with E-state index in [2.05, 4.69) is 18.4 Å². The summed E-state index contributed by atoms with van der Waals surface area (Å²) in [6, 6.07) is 0. The van der Waals surface area contributed by atoms with Gasteiger partial charge in [0.1, 0.15) is 6.61 Å². The molecular formula is C47H93O8P. The minimum atomic E-state index is -4.26. The molecule has 1 N–H and O–H groups in total. The third-order valence-corrected chi connectivity index (χ3v) is 12.0. The fourth-order valence-electron chi connectivity index (χ4n) is 7.37. The minimum Gasteiger partial charge on any atom is -0.462 e. The van der Waals surface area contributed by atoms with Gasteiger partial charge in [0, 0.05) is 20.0 Å². The second kappa shape index (κ2) is 43.6. The molecule has 0 bridgehead atoms. The SMILES string of the molecule is CCCCCCCCCCCCCCCCCCCCCCCCC(=O)OC(COC(=O)CCCCCCCCCCCCCCCCC)COP(=O)(O)OC. The monoisotopic (exact) mass is 817 g/mol. The van der Waals surface area contributed by atoms with Gasteiger partial charge in [0.15, 0.2) is 6.10 Å². The van der Waals surface area contributed by atoms with Crippen LogP contribution >= 0.6 is 7.82 Å². The van der Waals surface area contributed by atoms with Crippen molar-refractivity contribution in [1.29, 1.82) is 0 Å². The molecule has 0 saturated heterocycles. The highest BCUT2D eigenvalue weighted by molar-refractivity contribution is 7.47. The molecule has 0 aliphatic rings. The average Bonchev–Trinajstić information content (AvgIpc) is 3.19. The lowest BCUT2D eigenvalue weighted by molar-refractivity contribution is -0.161. The first-order valence-corrected chi connectivity index (χ1v) is 25.7. The summed E-state index contributed by atoms with van der Waals surface area (Å²) in [5.41, 5.74) is 0. The van der Waals surface area contributed by atoms with Crippen LogP contribution in [0.1, 0.15) is 264 Å². The van der Waals surface area contributed by atoms with Crippen molar-refractivity contribution in [1.82, 2.24) is 0 Å². The zero-order valence-corrected chi connectivity index (χ0v) is 38.2. The second-order valence-corrected chi connectivity index (χ2v) is 18.2. The zero-order valence-electron chi connectivity index (χ0n) is 37.3. The Balaban J connectivity index is 3.85. The van der Waals surface area contributed by atoms with Crippen LogP contribution in [-0.2, 0) is 32.7 Å². The lowest BCUT2D eigenvalue weighted by Gasteiger charge is -2.19. The van der Waals surface area contributed by atoms with Crippen molar-refractivity contribution >= 4 is 19.8 Å². The van der Waals surface area contributed by atoms with Gasteiger partial charge >= 0.3 is 19.8 Å². The summed E-state index contributed by atoms with van der Waals surface area (Å²) in [6.07, 6.45) is 47.3. The molecule has 0 rings (SSSR count). The molecule has 9 heteroatoms. The number of carbonyl (C=O) groups excluding carboxylic acids is 2. The summed E-state index contributed by atoms with van der Waals surface area (Å²) < 4.78 is 32.1. The third-order valence-electron chi connectivity index (χ3n) is 11.1. The molecule has 8 nitrogen and oxygen atoms in total. The van der Waals surface area contributed by atoms with Gasteiger partial charge in [0.05, 0.1) is 6.61 Å². The fourth-order valence-corrected chi connectivity index (χ4v) is 7.83. The first-order valence-electron chi connectivity index (χ1n) is 24.2. The molecule has 334 valence electrons. The maximum Gasteiger partial charge on any atom is 0.472 e. The van der Waals surface area contributed by atoms with Gasteiger partial charge in [0.25, 0.3) is 0 Å². The van der Waals surface area contributed by atoms with Crippen molar-refractivity contribution in [2.75, 3.05) is 20.3 Å². The summed E-state index contributed by atoms with van der Waals surface area (Å²) in [5, 5.41) is 0. The van der Waals surface area contributed by atoms with Crippen LogP contribution in [0.3, 0.4) is 0 Å². The van der Waals surface area contributed by atoms with E-state index >= 15 is 0 Å². The molecule has 0 saturated carbocycles. The number of phosphoric acid groups is 1. The van der Waals surface area contributed by atoms with E-state index in [4.69, 9.17) is 14.0 Å². The Morgan fingerprint density at radius 1 is 0.429 bits per heavy atom. The highest BCUT2D eigenvalue weighted by atomic mass is 31.2. The highest BCUT2D eigenvalue weighted by Crippen LogP contribution is 2.42. The van der Waals surface area contributed by atoms with Crippen molar-refractivity contribution in [2.24, 2.45) is 0 Å². The number of ether oxygens (including phenoxy) is 2. The molecule has 0 fully saturated rings. The van der Waals surface area contributed by atoms with Crippen LogP contribution in [0.25, 0.3) is 0 Å². The van der Waals surface area contributed by atoms with Crippen LogP contribution in [0, 0.1) is 0 Å². The van der Waals surface area contributed by atoms with Crippen LogP contribution < -0.4 is 0 Å². The normalized spacial score (nSPS) is 13.1. The Kier molecular flexibility index (Phi) is 42.9. The van der Waals surface area contributed by atoms with Gasteiger partial charge in [-0.1, -0.05) is 239 Å². The standard InChI is InChI=1S/C47H93O8P/c1-4-6-8-10-12-14-16-18-20-21-22-23-24-25-26-28-30-32-34-36-38-40-42-47(49)55-45(44-54-56(50,51)52-3)43-53-46(48)41-39-37-35-33-31-29-27-19-17-15-13-11-9-7-5-2/h45H,4-44H2,1-3H3,(H,50,51). The van der Waals surface area contributed by atoms with Gasteiger partial charge in [-0.2, -0.15) is 0 Å². The van der Waals surface area contributed by atoms with Gasteiger partial charge in [0.2, 0.25) is 0 Å². The Labute approximate surface area is 347 Å². The molecule has 0 aromatic rings. The maximum absolute atomic E-state index is 12.5. The number of unbranched alkanes of at least 4 members (excludes halogenated alkanes) is 35. The molecule has 0 amide bonds. The van der Waals surface area contributed by atoms with E-state index in [-0.39, 0.29) is 25.6 Å². The number of carbonyl (C=O) groups is 2. The Hall–Kier alpha value is -0.950. The van der Waals surface area contributed by atoms with Crippen molar-refractivity contribution in [3.05, 3.63) is 0 Å². The molecule has 0 radical (unpaired) electrons. The number of hydrogen-bond acceptors (Lipinski definition) is 7. The molecule has 2 atom stereocenters. The van der Waals surface area contributed by atoms with Crippen molar-refractivity contribution in [2.45, 2.75) is 270 Å². The first-order chi connectivity index (χ1) is 27.3. The predicted molar refractivity (Wildman–Crippen MR) is 235 cm³/mol. The van der Waals surface area contributed by atoms with Crippen LogP contribution in [0.15, 0.2) is 0 Å². The quantitative estimate of drug-likeness (QED) is 0.0368. The predicted octanol–water partition coefficient (Wildman–Crippen LogP) is 15.5. The van der Waals surface area contributed by atoms with E-state index in [0.717, 1.165) is 45.6 Å². The Morgan fingerprint density at radius 2 is 0.696 bits per heavy atom. The molecular weight excluding hydrogens is 723 g/mol. The van der Waals surface area contributed by atoms with Gasteiger partial charge in [-0.25, -0.2) is 4.57 Å². The van der Waals surface area contributed by atoms with E-state index in [0.29, 0.717) is 6.42 Å². The number of phosphoric ester groups is 1. The van der Waals surface area contributed by atoms with Crippen molar-refractivity contribution in [3.8, 4) is 0 Å². The highest BCUT2D eigenvalue weighted by Gasteiger charge is 2.24. The molecule has 0 aromatic carbocycles. The number of rotatable bonds is 46. The molecule has 0 aliphatic carbocycles. The van der Waals surface area contributed by atoms with Crippen LogP contribution in [0.4, 0.5) is 0 Å². The average molecular weight is 817 g/mol. The van der Waals surface area contributed by atoms with E-state index in [9.17, 15) is 19.0 Å². The van der Waals surface area contributed by atoms with Gasteiger partial charge < -0.3 is 14.4 Å². The lowest BCUT2D eigenvalue weighted by Crippen LogP contribution is -2.29. The second-order valence-electron chi connectivity index (χ2n) is 16.6. The van der Waals surface area contributed by atoms with E-state index < -0.39 is 19.9 Å².